The van der Waals surface area contributed by atoms with Gasteiger partial charge in [-0.1, -0.05) is 16.8 Å². The van der Waals surface area contributed by atoms with Crippen molar-refractivity contribution in [3.63, 3.8) is 0 Å². The van der Waals surface area contributed by atoms with Gasteiger partial charge in [-0.25, -0.2) is 18.3 Å². The van der Waals surface area contributed by atoms with Crippen molar-refractivity contribution in [2.24, 2.45) is 0 Å². The second-order valence-corrected chi connectivity index (χ2v) is 4.39. The number of hydrogen-bond donors (Lipinski definition) is 1. The maximum atomic E-state index is 12.9. The van der Waals surface area contributed by atoms with Gasteiger partial charge < -0.3 is 9.84 Å². The Labute approximate surface area is 122 Å². The number of carboxylic acid groups (broad SMARTS) is 1. The van der Waals surface area contributed by atoms with Crippen LogP contribution in [0, 0.1) is 0 Å². The van der Waals surface area contributed by atoms with Gasteiger partial charge in [0.15, 0.2) is 5.69 Å². The zero-order valence-electron chi connectivity index (χ0n) is 10.5. The van der Waals surface area contributed by atoms with E-state index in [0.717, 1.165) is 4.68 Å². The number of aromatic carboxylic acids is 1. The summed E-state index contributed by atoms with van der Waals surface area (Å²) in [6.07, 6.45) is -2.98. The first-order valence-electron chi connectivity index (χ1n) is 5.82. The smallest absolute Gasteiger partial charge is 0.358 e. The Balaban J connectivity index is 2.03. The first-order chi connectivity index (χ1) is 9.99. The molecule has 0 saturated carbocycles. The predicted octanol–water partition coefficient (Wildman–Crippen LogP) is 2.65. The summed E-state index contributed by atoms with van der Waals surface area (Å²) in [5, 5.41) is 16.0. The van der Waals surface area contributed by atoms with E-state index < -0.39 is 23.8 Å². The second kappa shape index (κ2) is 6.49. The lowest BCUT2D eigenvalue weighted by atomic mass is 10.3. The van der Waals surface area contributed by atoms with Crippen LogP contribution in [-0.2, 0) is 6.54 Å². The van der Waals surface area contributed by atoms with Crippen molar-refractivity contribution in [2.45, 2.75) is 13.0 Å². The number of aromatic nitrogens is 3. The monoisotopic (exact) mass is 317 g/mol. The molecule has 1 N–H and O–H groups in total. The Morgan fingerprint density at radius 2 is 2.05 bits per heavy atom. The van der Waals surface area contributed by atoms with E-state index in [9.17, 15) is 13.6 Å². The van der Waals surface area contributed by atoms with E-state index in [2.05, 4.69) is 10.3 Å². The molecule has 1 heterocycles. The molecule has 0 aliphatic carbocycles. The molecule has 0 unspecified atom stereocenters. The highest BCUT2D eigenvalue weighted by Gasteiger charge is 2.26. The van der Waals surface area contributed by atoms with Crippen molar-refractivity contribution in [2.75, 3.05) is 6.61 Å². The highest BCUT2D eigenvalue weighted by Crippen LogP contribution is 2.21. The summed E-state index contributed by atoms with van der Waals surface area (Å²) in [6, 6.07) is 6.50. The van der Waals surface area contributed by atoms with E-state index in [0.29, 0.717) is 10.8 Å². The number of benzene rings is 1. The average Bonchev–Trinajstić information content (AvgIpc) is 2.85. The molecule has 0 bridgehead atoms. The molecule has 21 heavy (non-hydrogen) atoms. The van der Waals surface area contributed by atoms with Crippen LogP contribution in [0.1, 0.15) is 22.6 Å². The zero-order chi connectivity index (χ0) is 15.4. The number of nitrogens with zero attached hydrogens (tertiary/aromatic N) is 3. The van der Waals surface area contributed by atoms with Crippen LogP contribution in [0.5, 0.6) is 5.75 Å². The van der Waals surface area contributed by atoms with E-state index in [1.807, 2.05) is 0 Å². The molecule has 0 fully saturated rings. The van der Waals surface area contributed by atoms with Crippen molar-refractivity contribution in [1.29, 1.82) is 0 Å². The van der Waals surface area contributed by atoms with Crippen molar-refractivity contribution in [3.8, 4) is 5.75 Å². The molecule has 9 heteroatoms. The van der Waals surface area contributed by atoms with Crippen LogP contribution in [-0.4, -0.2) is 32.7 Å². The Bertz CT molecular complexity index is 631. The van der Waals surface area contributed by atoms with Crippen molar-refractivity contribution in [1.82, 2.24) is 15.0 Å². The highest BCUT2D eigenvalue weighted by molar-refractivity contribution is 6.30. The lowest BCUT2D eigenvalue weighted by Crippen LogP contribution is -2.14. The Morgan fingerprint density at radius 1 is 1.38 bits per heavy atom. The number of ether oxygens (including phenoxy) is 1. The van der Waals surface area contributed by atoms with E-state index >= 15 is 0 Å². The average molecular weight is 318 g/mol. The molecule has 2 rings (SSSR count). The number of alkyl halides is 2. The molecule has 0 spiro atoms. The van der Waals surface area contributed by atoms with Crippen LogP contribution in [0.2, 0.25) is 5.02 Å². The predicted molar refractivity (Wildman–Crippen MR) is 68.9 cm³/mol. The Morgan fingerprint density at radius 3 is 2.62 bits per heavy atom. The maximum Gasteiger partial charge on any atom is 0.358 e. The topological polar surface area (TPSA) is 77.2 Å². The van der Waals surface area contributed by atoms with Crippen LogP contribution in [0.3, 0.4) is 0 Å². The van der Waals surface area contributed by atoms with Gasteiger partial charge in [-0.3, -0.25) is 0 Å². The summed E-state index contributed by atoms with van der Waals surface area (Å²) in [7, 11) is 0. The van der Waals surface area contributed by atoms with Gasteiger partial charge in [-0.15, -0.1) is 5.10 Å². The minimum atomic E-state index is -2.98. The molecule has 0 radical (unpaired) electrons. The molecular weight excluding hydrogens is 308 g/mol. The zero-order valence-corrected chi connectivity index (χ0v) is 11.3. The van der Waals surface area contributed by atoms with Gasteiger partial charge in [0, 0.05) is 5.02 Å². The van der Waals surface area contributed by atoms with Gasteiger partial charge in [0.1, 0.15) is 18.1 Å². The fourth-order valence-corrected chi connectivity index (χ4v) is 1.76. The van der Waals surface area contributed by atoms with Crippen LogP contribution < -0.4 is 4.74 Å². The minimum Gasteiger partial charge on any atom is -0.492 e. The molecule has 112 valence electrons. The molecule has 2 aromatic rings. The number of rotatable bonds is 6. The van der Waals surface area contributed by atoms with Crippen LogP contribution in [0.4, 0.5) is 8.78 Å². The molecule has 0 aliphatic rings. The normalized spacial score (nSPS) is 10.9. The van der Waals surface area contributed by atoms with Gasteiger partial charge in [0.05, 0.1) is 6.54 Å². The summed E-state index contributed by atoms with van der Waals surface area (Å²) in [4.78, 5) is 10.8. The number of carboxylic acids is 1. The first-order valence-corrected chi connectivity index (χ1v) is 6.20. The third kappa shape index (κ3) is 3.66. The molecule has 0 saturated heterocycles. The van der Waals surface area contributed by atoms with E-state index in [1.54, 1.807) is 24.3 Å². The molecule has 1 aromatic heterocycles. The van der Waals surface area contributed by atoms with Crippen molar-refractivity contribution < 1.29 is 23.4 Å². The fraction of sp³-hybridized carbons (Fsp3) is 0.250. The summed E-state index contributed by atoms with van der Waals surface area (Å²) in [5.74, 6) is -1.04. The number of carbonyl (C=O) groups is 1. The quantitative estimate of drug-likeness (QED) is 0.886. The largest absolute Gasteiger partial charge is 0.492 e. The summed E-state index contributed by atoms with van der Waals surface area (Å²) < 4.78 is 31.9. The maximum absolute atomic E-state index is 12.9. The molecule has 6 nitrogen and oxygen atoms in total. The van der Waals surface area contributed by atoms with Gasteiger partial charge in [0.2, 0.25) is 0 Å². The fourth-order valence-electron chi connectivity index (χ4n) is 1.63. The SMILES string of the molecule is O=C(O)c1nnn(CCOc2ccc(Cl)cc2)c1C(F)F. The molecule has 1 aromatic carbocycles. The third-order valence-electron chi connectivity index (χ3n) is 2.57. The summed E-state index contributed by atoms with van der Waals surface area (Å²) >= 11 is 5.71. The van der Waals surface area contributed by atoms with Crippen LogP contribution in [0.25, 0.3) is 0 Å². The third-order valence-corrected chi connectivity index (χ3v) is 2.82. The van der Waals surface area contributed by atoms with Crippen molar-refractivity contribution >= 4 is 17.6 Å². The van der Waals surface area contributed by atoms with E-state index in [1.165, 1.54) is 0 Å². The van der Waals surface area contributed by atoms with Gasteiger partial charge in [-0.05, 0) is 24.3 Å². The van der Waals surface area contributed by atoms with Crippen LogP contribution in [0.15, 0.2) is 24.3 Å². The van der Waals surface area contributed by atoms with E-state index in [4.69, 9.17) is 21.4 Å². The second-order valence-electron chi connectivity index (χ2n) is 3.95. The Hall–Kier alpha value is -2.22. The van der Waals surface area contributed by atoms with Gasteiger partial charge >= 0.3 is 5.97 Å². The minimum absolute atomic E-state index is 0.0315. The Kier molecular flexibility index (Phi) is 4.69. The lowest BCUT2D eigenvalue weighted by molar-refractivity contribution is 0.0675. The van der Waals surface area contributed by atoms with Gasteiger partial charge in [0.25, 0.3) is 6.43 Å². The van der Waals surface area contributed by atoms with Crippen molar-refractivity contribution in [3.05, 3.63) is 40.7 Å². The van der Waals surface area contributed by atoms with E-state index in [-0.39, 0.29) is 13.2 Å². The molecule has 0 aliphatic heterocycles. The molecule has 0 amide bonds. The first kappa shape index (κ1) is 15.2. The van der Waals surface area contributed by atoms with Crippen LogP contribution >= 0.6 is 11.6 Å². The molecule has 0 atom stereocenters. The van der Waals surface area contributed by atoms with Gasteiger partial charge in [-0.2, -0.15) is 0 Å². The molecular formula is C12H10ClF2N3O3. The summed E-state index contributed by atoms with van der Waals surface area (Å²) in [6.45, 7) is -0.0215. The number of halogens is 3. The standard InChI is InChI=1S/C12H10ClF2N3O3/c13-7-1-3-8(4-2-7)21-6-5-18-10(11(14)15)9(12(19)20)16-17-18/h1-4,11H,5-6H2,(H,19,20). The highest BCUT2D eigenvalue weighted by atomic mass is 35.5. The summed E-state index contributed by atoms with van der Waals surface area (Å²) in [5.41, 5.74) is -1.49. The number of hydrogen-bond acceptors (Lipinski definition) is 4. The lowest BCUT2D eigenvalue weighted by Gasteiger charge is -2.08.